The summed E-state index contributed by atoms with van der Waals surface area (Å²) in [5.41, 5.74) is 2.43. The zero-order chi connectivity index (χ0) is 12.3. The van der Waals surface area contributed by atoms with E-state index in [1.807, 2.05) is 12.1 Å². The summed E-state index contributed by atoms with van der Waals surface area (Å²) in [4.78, 5) is 4.17. The van der Waals surface area contributed by atoms with Crippen LogP contribution in [0.3, 0.4) is 0 Å². The summed E-state index contributed by atoms with van der Waals surface area (Å²) in [6.45, 7) is 2.80. The third kappa shape index (κ3) is 3.45. The number of rotatable bonds is 3. The van der Waals surface area contributed by atoms with Gasteiger partial charge >= 0.3 is 0 Å². The zero-order valence-electron chi connectivity index (χ0n) is 9.37. The van der Waals surface area contributed by atoms with Gasteiger partial charge in [0.15, 0.2) is 0 Å². The molecule has 0 unspecified atom stereocenters. The van der Waals surface area contributed by atoms with Gasteiger partial charge in [0, 0.05) is 11.0 Å². The monoisotopic (exact) mass is 310 g/mol. The average molecular weight is 312 g/mol. The molecule has 1 heterocycles. The Hall–Kier alpha value is -1.06. The molecule has 1 aromatic carbocycles. The highest BCUT2D eigenvalue weighted by atomic mass is 79.9. The molecule has 0 bridgehead atoms. The standard InChI is InChI=1S/C13H12BrClN2/c1-9-5-6-10(7-11(9)14)8-16-13-4-2-3-12(15)17-13/h2-7H,8H2,1H3,(H,16,17). The van der Waals surface area contributed by atoms with Crippen molar-refractivity contribution in [2.75, 3.05) is 5.32 Å². The van der Waals surface area contributed by atoms with E-state index in [2.05, 4.69) is 51.4 Å². The van der Waals surface area contributed by atoms with Gasteiger partial charge in [-0.25, -0.2) is 4.98 Å². The van der Waals surface area contributed by atoms with E-state index < -0.39 is 0 Å². The van der Waals surface area contributed by atoms with E-state index in [0.717, 1.165) is 16.8 Å². The van der Waals surface area contributed by atoms with Crippen molar-refractivity contribution >= 4 is 33.3 Å². The molecule has 2 aromatic rings. The number of hydrogen-bond donors (Lipinski definition) is 1. The van der Waals surface area contributed by atoms with Crippen molar-refractivity contribution < 1.29 is 0 Å². The second-order valence-electron chi connectivity index (χ2n) is 3.78. The molecule has 0 fully saturated rings. The second kappa shape index (κ2) is 5.52. The lowest BCUT2D eigenvalue weighted by molar-refractivity contribution is 1.11. The molecule has 0 radical (unpaired) electrons. The summed E-state index contributed by atoms with van der Waals surface area (Å²) >= 11 is 9.33. The van der Waals surface area contributed by atoms with Crippen LogP contribution in [0.1, 0.15) is 11.1 Å². The fourth-order valence-corrected chi connectivity index (χ4v) is 2.04. The number of aryl methyl sites for hydroxylation is 1. The van der Waals surface area contributed by atoms with Crippen LogP contribution >= 0.6 is 27.5 Å². The predicted molar refractivity (Wildman–Crippen MR) is 75.5 cm³/mol. The lowest BCUT2D eigenvalue weighted by Gasteiger charge is -2.07. The van der Waals surface area contributed by atoms with E-state index in [-0.39, 0.29) is 0 Å². The molecule has 88 valence electrons. The van der Waals surface area contributed by atoms with Gasteiger partial charge in [-0.3, -0.25) is 0 Å². The maximum atomic E-state index is 5.81. The van der Waals surface area contributed by atoms with E-state index in [1.54, 1.807) is 6.07 Å². The fourth-order valence-electron chi connectivity index (χ4n) is 1.45. The minimum atomic E-state index is 0.500. The van der Waals surface area contributed by atoms with Crippen LogP contribution in [0.25, 0.3) is 0 Å². The summed E-state index contributed by atoms with van der Waals surface area (Å²) in [6, 6.07) is 11.8. The quantitative estimate of drug-likeness (QED) is 0.849. The maximum Gasteiger partial charge on any atom is 0.131 e. The van der Waals surface area contributed by atoms with E-state index in [1.165, 1.54) is 11.1 Å². The third-order valence-corrected chi connectivity index (χ3v) is 3.49. The van der Waals surface area contributed by atoms with Crippen LogP contribution < -0.4 is 5.32 Å². The molecule has 2 rings (SSSR count). The fraction of sp³-hybridized carbons (Fsp3) is 0.154. The smallest absolute Gasteiger partial charge is 0.131 e. The van der Waals surface area contributed by atoms with E-state index in [0.29, 0.717) is 5.15 Å². The first-order valence-electron chi connectivity index (χ1n) is 5.26. The summed E-state index contributed by atoms with van der Waals surface area (Å²) in [6.07, 6.45) is 0. The summed E-state index contributed by atoms with van der Waals surface area (Å²) < 4.78 is 1.12. The van der Waals surface area contributed by atoms with Crippen LogP contribution in [0.2, 0.25) is 5.15 Å². The van der Waals surface area contributed by atoms with Gasteiger partial charge in [-0.15, -0.1) is 0 Å². The zero-order valence-corrected chi connectivity index (χ0v) is 11.7. The van der Waals surface area contributed by atoms with Crippen LogP contribution in [-0.4, -0.2) is 4.98 Å². The third-order valence-electron chi connectivity index (χ3n) is 2.42. The van der Waals surface area contributed by atoms with Gasteiger partial charge in [0.25, 0.3) is 0 Å². The van der Waals surface area contributed by atoms with Gasteiger partial charge in [0.2, 0.25) is 0 Å². The Morgan fingerprint density at radius 3 is 2.82 bits per heavy atom. The van der Waals surface area contributed by atoms with E-state index in [4.69, 9.17) is 11.6 Å². The van der Waals surface area contributed by atoms with Crippen LogP contribution in [0.4, 0.5) is 5.82 Å². The first kappa shape index (κ1) is 12.4. The van der Waals surface area contributed by atoms with Crippen LogP contribution in [-0.2, 0) is 6.54 Å². The molecule has 17 heavy (non-hydrogen) atoms. The predicted octanol–water partition coefficient (Wildman–Crippen LogP) is 4.42. The van der Waals surface area contributed by atoms with Crippen molar-refractivity contribution in [1.29, 1.82) is 0 Å². The molecule has 0 atom stereocenters. The van der Waals surface area contributed by atoms with Crippen molar-refractivity contribution in [3.63, 3.8) is 0 Å². The van der Waals surface area contributed by atoms with Gasteiger partial charge < -0.3 is 5.32 Å². The van der Waals surface area contributed by atoms with Gasteiger partial charge in [-0.1, -0.05) is 45.7 Å². The topological polar surface area (TPSA) is 24.9 Å². The number of hydrogen-bond acceptors (Lipinski definition) is 2. The number of nitrogens with zero attached hydrogens (tertiary/aromatic N) is 1. The number of anilines is 1. The molecule has 0 aliphatic carbocycles. The second-order valence-corrected chi connectivity index (χ2v) is 5.02. The van der Waals surface area contributed by atoms with Crippen molar-refractivity contribution in [1.82, 2.24) is 4.98 Å². The lowest BCUT2D eigenvalue weighted by Crippen LogP contribution is -2.01. The van der Waals surface area contributed by atoms with Crippen molar-refractivity contribution in [3.8, 4) is 0 Å². The average Bonchev–Trinajstić information content (AvgIpc) is 2.31. The molecular weight excluding hydrogens is 300 g/mol. The maximum absolute atomic E-state index is 5.81. The number of aromatic nitrogens is 1. The molecule has 0 amide bonds. The number of nitrogens with one attached hydrogen (secondary N) is 1. The van der Waals surface area contributed by atoms with E-state index >= 15 is 0 Å². The van der Waals surface area contributed by atoms with Gasteiger partial charge in [0.1, 0.15) is 11.0 Å². The van der Waals surface area contributed by atoms with E-state index in [9.17, 15) is 0 Å². The molecule has 4 heteroatoms. The van der Waals surface area contributed by atoms with Crippen LogP contribution in [0, 0.1) is 6.92 Å². The number of halogens is 2. The highest BCUT2D eigenvalue weighted by Crippen LogP contribution is 2.18. The molecule has 1 N–H and O–H groups in total. The molecule has 0 aliphatic heterocycles. The van der Waals surface area contributed by atoms with Crippen LogP contribution in [0.5, 0.6) is 0 Å². The minimum Gasteiger partial charge on any atom is -0.366 e. The highest BCUT2D eigenvalue weighted by molar-refractivity contribution is 9.10. The number of benzene rings is 1. The van der Waals surface area contributed by atoms with Crippen LogP contribution in [0.15, 0.2) is 40.9 Å². The Kier molecular flexibility index (Phi) is 4.02. The normalized spacial score (nSPS) is 10.3. The Morgan fingerprint density at radius 2 is 2.12 bits per heavy atom. The van der Waals surface area contributed by atoms with Crippen molar-refractivity contribution in [2.24, 2.45) is 0 Å². The highest BCUT2D eigenvalue weighted by Gasteiger charge is 1.99. The van der Waals surface area contributed by atoms with Gasteiger partial charge in [-0.05, 0) is 36.2 Å². The molecular formula is C13H12BrClN2. The Labute approximate surface area is 114 Å². The summed E-state index contributed by atoms with van der Waals surface area (Å²) in [7, 11) is 0. The Morgan fingerprint density at radius 1 is 1.29 bits per heavy atom. The molecule has 0 aliphatic rings. The molecule has 0 saturated heterocycles. The van der Waals surface area contributed by atoms with Crippen molar-refractivity contribution in [2.45, 2.75) is 13.5 Å². The first-order chi connectivity index (χ1) is 8.15. The van der Waals surface area contributed by atoms with Crippen molar-refractivity contribution in [3.05, 3.63) is 57.2 Å². The van der Waals surface area contributed by atoms with Gasteiger partial charge in [-0.2, -0.15) is 0 Å². The Balaban J connectivity index is 2.05. The SMILES string of the molecule is Cc1ccc(CNc2cccc(Cl)n2)cc1Br. The Bertz CT molecular complexity index is 529. The first-order valence-corrected chi connectivity index (χ1v) is 6.44. The lowest BCUT2D eigenvalue weighted by atomic mass is 10.1. The van der Waals surface area contributed by atoms with Gasteiger partial charge in [0.05, 0.1) is 0 Å². The summed E-state index contributed by atoms with van der Waals surface area (Å²) in [5, 5.41) is 3.73. The number of pyridine rings is 1. The summed E-state index contributed by atoms with van der Waals surface area (Å²) in [5.74, 6) is 0.786. The molecule has 2 nitrogen and oxygen atoms in total. The molecule has 1 aromatic heterocycles. The largest absolute Gasteiger partial charge is 0.366 e. The molecule has 0 saturated carbocycles. The molecule has 0 spiro atoms. The minimum absolute atomic E-state index is 0.500.